The minimum atomic E-state index is 0.0180. The Morgan fingerprint density at radius 1 is 1.21 bits per heavy atom. The number of aromatic nitrogens is 1. The van der Waals surface area contributed by atoms with Gasteiger partial charge in [-0.1, -0.05) is 30.5 Å². The van der Waals surface area contributed by atoms with Crippen LogP contribution in [-0.2, 0) is 24.2 Å². The summed E-state index contributed by atoms with van der Waals surface area (Å²) in [5.41, 5.74) is 14.0. The van der Waals surface area contributed by atoms with Gasteiger partial charge in [-0.3, -0.25) is 9.59 Å². The number of aryl methyl sites for hydroxylation is 1. The number of nitrogens with zero attached hydrogens (tertiary/aromatic N) is 2. The molecule has 4 N–H and O–H groups in total. The van der Waals surface area contributed by atoms with Crippen molar-refractivity contribution >= 4 is 28.9 Å². The van der Waals surface area contributed by atoms with Crippen LogP contribution in [0.25, 0.3) is 0 Å². The van der Waals surface area contributed by atoms with Crippen LogP contribution in [0, 0.1) is 12.8 Å². The van der Waals surface area contributed by atoms with Crippen molar-refractivity contribution in [3.05, 3.63) is 51.0 Å². The van der Waals surface area contributed by atoms with Crippen molar-refractivity contribution in [2.45, 2.75) is 52.0 Å². The molecule has 1 fully saturated rings. The van der Waals surface area contributed by atoms with E-state index >= 15 is 0 Å². The van der Waals surface area contributed by atoms with Crippen LogP contribution in [0.2, 0.25) is 0 Å². The van der Waals surface area contributed by atoms with E-state index in [1.54, 1.807) is 0 Å². The average molecular weight is 399 g/mol. The number of benzene rings is 1. The van der Waals surface area contributed by atoms with Crippen LogP contribution in [0.3, 0.4) is 0 Å². The minimum absolute atomic E-state index is 0.0180. The van der Waals surface area contributed by atoms with Crippen molar-refractivity contribution in [1.29, 1.82) is 0 Å². The lowest BCUT2D eigenvalue weighted by Crippen LogP contribution is -2.22. The number of ketones is 2. The van der Waals surface area contributed by atoms with Gasteiger partial charge in [0.25, 0.3) is 0 Å². The first-order valence-electron chi connectivity index (χ1n) is 9.56. The lowest BCUT2D eigenvalue weighted by Gasteiger charge is -2.13. The predicted octanol–water partition coefficient (Wildman–Crippen LogP) is 2.95. The number of aliphatic imine (C=N–C) groups is 1. The van der Waals surface area contributed by atoms with Crippen LogP contribution in [-0.4, -0.2) is 22.5 Å². The molecule has 0 atom stereocenters. The normalized spacial score (nSPS) is 14.2. The lowest BCUT2D eigenvalue weighted by atomic mass is 9.90. The maximum absolute atomic E-state index is 12.9. The number of hydrogen-bond acceptors (Lipinski definition) is 5. The monoisotopic (exact) mass is 398 g/mol. The molecule has 1 aromatic heterocycles. The van der Waals surface area contributed by atoms with E-state index in [1.807, 2.05) is 30.5 Å². The molecule has 0 unspecified atom stereocenters. The molecule has 0 spiro atoms. The molecule has 0 amide bonds. The van der Waals surface area contributed by atoms with E-state index < -0.39 is 0 Å². The van der Waals surface area contributed by atoms with Gasteiger partial charge in [0.1, 0.15) is 10.8 Å². The number of hydrogen-bond donors (Lipinski definition) is 2. The third-order valence-corrected chi connectivity index (χ3v) is 5.91. The van der Waals surface area contributed by atoms with E-state index in [4.69, 9.17) is 11.5 Å². The Balaban J connectivity index is 1.68. The van der Waals surface area contributed by atoms with Gasteiger partial charge in [-0.05, 0) is 31.4 Å². The average Bonchev–Trinajstić information content (AvgIpc) is 3.33. The minimum Gasteiger partial charge on any atom is -0.370 e. The Morgan fingerprint density at radius 2 is 1.96 bits per heavy atom. The smallest absolute Gasteiger partial charge is 0.186 e. The highest BCUT2D eigenvalue weighted by Crippen LogP contribution is 2.29. The van der Waals surface area contributed by atoms with Crippen molar-refractivity contribution in [3.8, 4) is 0 Å². The van der Waals surface area contributed by atoms with Gasteiger partial charge in [-0.15, -0.1) is 11.3 Å². The first-order valence-corrected chi connectivity index (χ1v) is 10.4. The van der Waals surface area contributed by atoms with Gasteiger partial charge in [0.05, 0.1) is 18.7 Å². The SMILES string of the molecule is Cc1ccc(CC(=O)Cc2nc(CN=C(N)N)cs2)c(C(=O)C2CCCC2)c1. The van der Waals surface area contributed by atoms with Crippen molar-refractivity contribution in [2.24, 2.45) is 22.4 Å². The zero-order valence-electron chi connectivity index (χ0n) is 16.1. The number of rotatable bonds is 8. The fourth-order valence-corrected chi connectivity index (χ4v) is 4.41. The standard InChI is InChI=1S/C21H26N4O2S/c1-13-6-7-15(18(8-13)20(27)14-4-2-3-5-14)9-17(26)10-19-25-16(12-28-19)11-24-21(22)23/h6-8,12,14H,2-5,9-11H2,1H3,(H4,22,23,24). The first-order chi connectivity index (χ1) is 13.4. The maximum atomic E-state index is 12.9. The zero-order chi connectivity index (χ0) is 20.1. The summed E-state index contributed by atoms with van der Waals surface area (Å²) in [6.45, 7) is 2.29. The number of nitrogens with two attached hydrogens (primary N) is 2. The summed E-state index contributed by atoms with van der Waals surface area (Å²) in [6, 6.07) is 5.81. The van der Waals surface area contributed by atoms with Crippen LogP contribution in [0.1, 0.15) is 57.9 Å². The quantitative estimate of drug-likeness (QED) is 0.403. The second-order valence-electron chi connectivity index (χ2n) is 7.37. The fraction of sp³-hybridized carbons (Fsp3) is 0.429. The molecule has 1 heterocycles. The van der Waals surface area contributed by atoms with Crippen molar-refractivity contribution < 1.29 is 9.59 Å². The van der Waals surface area contributed by atoms with Crippen molar-refractivity contribution in [2.75, 3.05) is 0 Å². The number of carbonyl (C=O) groups excluding carboxylic acids is 2. The van der Waals surface area contributed by atoms with Gasteiger partial charge >= 0.3 is 0 Å². The molecule has 0 bridgehead atoms. The van der Waals surface area contributed by atoms with Gasteiger partial charge < -0.3 is 11.5 Å². The molecule has 1 aliphatic carbocycles. The van der Waals surface area contributed by atoms with Crippen LogP contribution < -0.4 is 11.5 Å². The van der Waals surface area contributed by atoms with Crippen LogP contribution >= 0.6 is 11.3 Å². The highest BCUT2D eigenvalue weighted by atomic mass is 32.1. The van der Waals surface area contributed by atoms with E-state index in [-0.39, 0.29) is 36.3 Å². The third-order valence-electron chi connectivity index (χ3n) is 5.02. The Hall–Kier alpha value is -2.54. The molecule has 6 nitrogen and oxygen atoms in total. The predicted molar refractivity (Wildman–Crippen MR) is 112 cm³/mol. The number of guanidine groups is 1. The molecule has 28 heavy (non-hydrogen) atoms. The number of thiazole rings is 1. The molecule has 148 valence electrons. The van der Waals surface area contributed by atoms with Gasteiger partial charge in [-0.2, -0.15) is 0 Å². The Labute approximate surface area is 169 Å². The largest absolute Gasteiger partial charge is 0.370 e. The summed E-state index contributed by atoms with van der Waals surface area (Å²) in [4.78, 5) is 33.9. The van der Waals surface area contributed by atoms with Gasteiger partial charge in [-0.25, -0.2) is 9.98 Å². The Morgan fingerprint density at radius 3 is 2.68 bits per heavy atom. The summed E-state index contributed by atoms with van der Waals surface area (Å²) in [5, 5.41) is 2.59. The van der Waals surface area contributed by atoms with E-state index in [0.717, 1.165) is 47.5 Å². The molecule has 0 aliphatic heterocycles. The molecular formula is C21H26N4O2S. The lowest BCUT2D eigenvalue weighted by molar-refractivity contribution is -0.117. The van der Waals surface area contributed by atoms with Gasteiger partial charge in [0, 0.05) is 23.3 Å². The molecule has 7 heteroatoms. The summed E-state index contributed by atoms with van der Waals surface area (Å²) in [5.74, 6) is 0.363. The van der Waals surface area contributed by atoms with E-state index in [0.29, 0.717) is 12.1 Å². The van der Waals surface area contributed by atoms with Gasteiger partial charge in [0.15, 0.2) is 11.7 Å². The molecule has 1 aromatic carbocycles. The second kappa shape index (κ2) is 9.10. The van der Waals surface area contributed by atoms with E-state index in [1.165, 1.54) is 11.3 Å². The maximum Gasteiger partial charge on any atom is 0.186 e. The topological polar surface area (TPSA) is 111 Å². The highest BCUT2D eigenvalue weighted by molar-refractivity contribution is 7.09. The second-order valence-corrected chi connectivity index (χ2v) is 8.31. The first kappa shape index (κ1) is 20.2. The summed E-state index contributed by atoms with van der Waals surface area (Å²) >= 11 is 1.42. The highest BCUT2D eigenvalue weighted by Gasteiger charge is 2.26. The van der Waals surface area contributed by atoms with E-state index in [2.05, 4.69) is 9.98 Å². The summed E-state index contributed by atoms with van der Waals surface area (Å²) in [7, 11) is 0. The molecule has 1 saturated carbocycles. The van der Waals surface area contributed by atoms with Crippen molar-refractivity contribution in [1.82, 2.24) is 4.98 Å². The van der Waals surface area contributed by atoms with Crippen LogP contribution in [0.4, 0.5) is 0 Å². The Bertz CT molecular complexity index is 894. The number of carbonyl (C=O) groups is 2. The molecule has 3 rings (SSSR count). The Kier molecular flexibility index (Phi) is 6.57. The summed E-state index contributed by atoms with van der Waals surface area (Å²) in [6.07, 6.45) is 4.63. The fourth-order valence-electron chi connectivity index (χ4n) is 3.60. The van der Waals surface area contributed by atoms with Crippen LogP contribution in [0.15, 0.2) is 28.6 Å². The third kappa shape index (κ3) is 5.25. The summed E-state index contributed by atoms with van der Waals surface area (Å²) < 4.78 is 0. The molecule has 1 aliphatic rings. The molecular weight excluding hydrogens is 372 g/mol. The number of Topliss-reactive ketones (excluding diaryl/α,β-unsaturated/α-hetero) is 2. The van der Waals surface area contributed by atoms with Crippen molar-refractivity contribution in [3.63, 3.8) is 0 Å². The molecule has 0 saturated heterocycles. The zero-order valence-corrected chi connectivity index (χ0v) is 16.9. The molecule has 0 radical (unpaired) electrons. The van der Waals surface area contributed by atoms with E-state index in [9.17, 15) is 9.59 Å². The van der Waals surface area contributed by atoms with Gasteiger partial charge in [0.2, 0.25) is 0 Å². The molecule has 2 aromatic rings. The van der Waals surface area contributed by atoms with Crippen LogP contribution in [0.5, 0.6) is 0 Å².